The van der Waals surface area contributed by atoms with Gasteiger partial charge >= 0.3 is 0 Å². The minimum Gasteiger partial charge on any atom is -0.382 e. The van der Waals surface area contributed by atoms with Crippen LogP contribution in [0.4, 0.5) is 5.82 Å². The number of carbonyl (C=O) groups excluding carboxylic acids is 1. The van der Waals surface area contributed by atoms with Gasteiger partial charge in [0.05, 0.1) is 4.90 Å². The third-order valence-corrected chi connectivity index (χ3v) is 8.16. The summed E-state index contributed by atoms with van der Waals surface area (Å²) in [4.78, 5) is 22.5. The highest BCUT2D eigenvalue weighted by Gasteiger charge is 2.34. The maximum Gasteiger partial charge on any atom is 0.276 e. The molecule has 0 unspecified atom stereocenters. The van der Waals surface area contributed by atoms with E-state index in [9.17, 15) is 13.2 Å². The monoisotopic (exact) mass is 417 g/mol. The summed E-state index contributed by atoms with van der Waals surface area (Å²) >= 11 is 0. The molecule has 0 radical (unpaired) electrons. The fourth-order valence-electron chi connectivity index (χ4n) is 3.78. The number of hydrogen-bond acceptors (Lipinski definition) is 6. The van der Waals surface area contributed by atoms with E-state index >= 15 is 0 Å². The van der Waals surface area contributed by atoms with Gasteiger partial charge in [0.2, 0.25) is 10.0 Å². The van der Waals surface area contributed by atoms with Crippen molar-refractivity contribution < 1.29 is 13.2 Å². The maximum absolute atomic E-state index is 13.4. The maximum atomic E-state index is 13.4. The number of hydrogen-bond donors (Lipinski definition) is 1. The minimum absolute atomic E-state index is 0.0735. The van der Waals surface area contributed by atoms with Crippen molar-refractivity contribution in [2.45, 2.75) is 39.5 Å². The molecule has 1 aromatic carbocycles. The normalized spacial score (nSPS) is 15.6. The molecule has 29 heavy (non-hydrogen) atoms. The lowest BCUT2D eigenvalue weighted by atomic mass is 9.95. The Labute approximate surface area is 171 Å². The molecule has 0 atom stereocenters. The van der Waals surface area contributed by atoms with E-state index in [1.165, 1.54) is 16.7 Å². The Morgan fingerprint density at radius 2 is 1.34 bits per heavy atom. The molecular weight excluding hydrogens is 390 g/mol. The van der Waals surface area contributed by atoms with E-state index in [-0.39, 0.29) is 43.6 Å². The Morgan fingerprint density at radius 3 is 1.86 bits per heavy atom. The van der Waals surface area contributed by atoms with Gasteiger partial charge in [0.1, 0.15) is 0 Å². The Morgan fingerprint density at radius 1 is 0.862 bits per heavy atom. The number of benzene rings is 1. The largest absolute Gasteiger partial charge is 0.382 e. The molecule has 0 aliphatic carbocycles. The fraction of sp³-hybridized carbons (Fsp3) is 0.450. The number of anilines is 1. The zero-order valence-electron chi connectivity index (χ0n) is 17.5. The van der Waals surface area contributed by atoms with Crippen molar-refractivity contribution in [1.29, 1.82) is 0 Å². The van der Waals surface area contributed by atoms with Crippen LogP contribution in [0.15, 0.2) is 17.3 Å². The predicted octanol–water partition coefficient (Wildman–Crippen LogP) is 1.75. The third kappa shape index (κ3) is 3.60. The molecule has 1 aliphatic rings. The first-order valence-electron chi connectivity index (χ1n) is 9.50. The fourth-order valence-corrected chi connectivity index (χ4v) is 5.76. The van der Waals surface area contributed by atoms with E-state index in [1.807, 2.05) is 34.6 Å². The van der Waals surface area contributed by atoms with Crippen LogP contribution in [0, 0.1) is 34.6 Å². The molecule has 0 spiro atoms. The van der Waals surface area contributed by atoms with Crippen LogP contribution in [0.5, 0.6) is 0 Å². The van der Waals surface area contributed by atoms with Crippen molar-refractivity contribution in [3.05, 3.63) is 45.9 Å². The lowest BCUT2D eigenvalue weighted by Crippen LogP contribution is -2.51. The molecule has 2 aromatic rings. The molecule has 1 aromatic heterocycles. The first-order chi connectivity index (χ1) is 13.6. The van der Waals surface area contributed by atoms with Crippen LogP contribution >= 0.6 is 0 Å². The van der Waals surface area contributed by atoms with Crippen LogP contribution < -0.4 is 5.73 Å². The van der Waals surface area contributed by atoms with Gasteiger partial charge in [-0.1, -0.05) is 0 Å². The molecule has 2 N–H and O–H groups in total. The number of nitrogens with two attached hydrogens (primary N) is 1. The second-order valence-electron chi connectivity index (χ2n) is 7.44. The number of rotatable bonds is 3. The molecule has 1 saturated heterocycles. The van der Waals surface area contributed by atoms with E-state index < -0.39 is 10.0 Å². The van der Waals surface area contributed by atoms with Crippen LogP contribution in [-0.2, 0) is 10.0 Å². The van der Waals surface area contributed by atoms with Crippen LogP contribution in [0.1, 0.15) is 38.3 Å². The number of nitrogens with zero attached hydrogens (tertiary/aromatic N) is 4. The van der Waals surface area contributed by atoms with E-state index in [0.717, 1.165) is 27.8 Å². The minimum atomic E-state index is -3.66. The summed E-state index contributed by atoms with van der Waals surface area (Å²) in [6.07, 6.45) is 2.84. The van der Waals surface area contributed by atoms with E-state index in [4.69, 9.17) is 5.73 Å². The number of aromatic nitrogens is 2. The summed E-state index contributed by atoms with van der Waals surface area (Å²) in [6, 6.07) is 0. The lowest BCUT2D eigenvalue weighted by molar-refractivity contribution is 0.0692. The molecule has 0 bridgehead atoms. The van der Waals surface area contributed by atoms with Gasteiger partial charge in [0.25, 0.3) is 5.91 Å². The van der Waals surface area contributed by atoms with Crippen molar-refractivity contribution in [2.75, 3.05) is 31.9 Å². The average molecular weight is 418 g/mol. The molecular formula is C20H27N5O3S. The topological polar surface area (TPSA) is 109 Å². The van der Waals surface area contributed by atoms with Crippen molar-refractivity contribution >= 4 is 21.7 Å². The van der Waals surface area contributed by atoms with Crippen LogP contribution in [0.25, 0.3) is 0 Å². The number of sulfonamides is 1. The summed E-state index contributed by atoms with van der Waals surface area (Å²) in [5.41, 5.74) is 10.5. The lowest BCUT2D eigenvalue weighted by Gasteiger charge is -2.34. The molecule has 8 nitrogen and oxygen atoms in total. The molecule has 3 rings (SSSR count). The second kappa shape index (κ2) is 7.72. The molecule has 2 heterocycles. The van der Waals surface area contributed by atoms with Gasteiger partial charge in [-0.2, -0.15) is 4.31 Å². The van der Waals surface area contributed by atoms with Crippen LogP contribution in [0.2, 0.25) is 0 Å². The zero-order chi connectivity index (χ0) is 21.5. The summed E-state index contributed by atoms with van der Waals surface area (Å²) in [6.45, 7) is 10.6. The number of nitrogen functional groups attached to an aromatic ring is 1. The quantitative estimate of drug-likeness (QED) is 0.815. The standard InChI is InChI=1S/C20H27N5O3S/c1-12-13(2)15(4)18(16(5)14(12)3)29(27,28)25-10-8-24(9-11-25)20(26)17-19(21)23-7-6-22-17/h6-7H,8-11H2,1-5H3,(H2,21,23). The van der Waals surface area contributed by atoms with E-state index in [0.29, 0.717) is 4.90 Å². The zero-order valence-corrected chi connectivity index (χ0v) is 18.3. The Bertz CT molecular complexity index is 1040. The smallest absolute Gasteiger partial charge is 0.276 e. The summed E-state index contributed by atoms with van der Waals surface area (Å²) < 4.78 is 28.3. The summed E-state index contributed by atoms with van der Waals surface area (Å²) in [5.74, 6) is -0.258. The molecule has 1 amide bonds. The predicted molar refractivity (Wildman–Crippen MR) is 111 cm³/mol. The Balaban J connectivity index is 1.84. The van der Waals surface area contributed by atoms with E-state index in [2.05, 4.69) is 9.97 Å². The number of carbonyl (C=O) groups is 1. The Hall–Kier alpha value is -2.52. The van der Waals surface area contributed by atoms with Gasteiger partial charge in [-0.25, -0.2) is 18.4 Å². The highest BCUT2D eigenvalue weighted by atomic mass is 32.2. The van der Waals surface area contributed by atoms with Crippen LogP contribution in [0.3, 0.4) is 0 Å². The van der Waals surface area contributed by atoms with Crippen molar-refractivity contribution in [2.24, 2.45) is 0 Å². The third-order valence-electron chi connectivity index (χ3n) is 5.98. The van der Waals surface area contributed by atoms with Gasteiger partial charge in [0, 0.05) is 38.6 Å². The molecule has 9 heteroatoms. The number of amides is 1. The summed E-state index contributed by atoms with van der Waals surface area (Å²) in [7, 11) is -3.66. The van der Waals surface area contributed by atoms with Gasteiger partial charge < -0.3 is 10.6 Å². The highest BCUT2D eigenvalue weighted by Crippen LogP contribution is 2.32. The SMILES string of the molecule is Cc1c(C)c(C)c(S(=O)(=O)N2CCN(C(=O)c3nccnc3N)CC2)c(C)c1C. The molecule has 156 valence electrons. The van der Waals surface area contributed by atoms with Crippen molar-refractivity contribution in [3.8, 4) is 0 Å². The second-order valence-corrected chi connectivity index (χ2v) is 9.32. The van der Waals surface area contributed by atoms with Gasteiger partial charge in [-0.05, 0) is 62.4 Å². The highest BCUT2D eigenvalue weighted by molar-refractivity contribution is 7.89. The molecule has 1 fully saturated rings. The van der Waals surface area contributed by atoms with Gasteiger partial charge in [-0.15, -0.1) is 0 Å². The Kier molecular flexibility index (Phi) is 5.64. The molecule has 1 aliphatic heterocycles. The van der Waals surface area contributed by atoms with Gasteiger partial charge in [-0.3, -0.25) is 4.79 Å². The van der Waals surface area contributed by atoms with Gasteiger partial charge in [0.15, 0.2) is 11.5 Å². The van der Waals surface area contributed by atoms with Crippen LogP contribution in [-0.4, -0.2) is 59.7 Å². The van der Waals surface area contributed by atoms with Crippen molar-refractivity contribution in [1.82, 2.24) is 19.2 Å². The van der Waals surface area contributed by atoms with Crippen molar-refractivity contribution in [3.63, 3.8) is 0 Å². The first kappa shape index (κ1) is 21.2. The average Bonchev–Trinajstić information content (AvgIpc) is 2.70. The number of piperazine rings is 1. The first-order valence-corrected chi connectivity index (χ1v) is 10.9. The van der Waals surface area contributed by atoms with E-state index in [1.54, 1.807) is 4.90 Å². The summed E-state index contributed by atoms with van der Waals surface area (Å²) in [5, 5.41) is 0. The molecule has 0 saturated carbocycles.